The van der Waals surface area contributed by atoms with Crippen molar-refractivity contribution < 1.29 is 13.6 Å². The van der Waals surface area contributed by atoms with Gasteiger partial charge in [-0.05, 0) is 23.2 Å². The molecule has 0 aromatic heterocycles. The van der Waals surface area contributed by atoms with Gasteiger partial charge in [0, 0.05) is 11.3 Å². The number of anilines is 1. The summed E-state index contributed by atoms with van der Waals surface area (Å²) in [6.45, 7) is 1.70. The average molecular weight is 212 g/mol. The van der Waals surface area contributed by atoms with E-state index in [1.807, 2.05) is 0 Å². The topological polar surface area (TPSA) is 69.2 Å². The Kier molecular flexibility index (Phi) is 3.79. The monoisotopic (exact) mass is 212 g/mol. The number of carbonyl (C=O) groups is 1. The summed E-state index contributed by atoms with van der Waals surface area (Å²) >= 11 is -2.32. The second-order valence-electron chi connectivity index (χ2n) is 2.63. The van der Waals surface area contributed by atoms with Gasteiger partial charge in [0.25, 0.3) is 0 Å². The third-order valence-corrected chi connectivity index (χ3v) is 2.38. The average Bonchev–Trinajstić information content (AvgIpc) is 2.18. The van der Waals surface area contributed by atoms with Crippen molar-refractivity contribution in [1.82, 2.24) is 0 Å². The summed E-state index contributed by atoms with van der Waals surface area (Å²) in [6, 6.07) is 6.27. The van der Waals surface area contributed by atoms with Crippen molar-refractivity contribution in [2.45, 2.75) is 18.2 Å². The molecule has 14 heavy (non-hydrogen) atoms. The Morgan fingerprint density at radius 2 is 2.14 bits per heavy atom. The fraction of sp³-hybridized carbons (Fsp3) is 0.222. The molecule has 0 spiro atoms. The van der Waals surface area contributed by atoms with Gasteiger partial charge >= 0.3 is 0 Å². The first-order chi connectivity index (χ1) is 6.65. The lowest BCUT2D eigenvalue weighted by Crippen LogP contribution is -2.11. The van der Waals surface area contributed by atoms with Crippen LogP contribution in [0.4, 0.5) is 5.69 Å². The first-order valence-corrected chi connectivity index (χ1v) is 5.20. The van der Waals surface area contributed by atoms with E-state index in [-0.39, 0.29) is 10.8 Å². The Labute approximate surface area is 84.6 Å². The van der Waals surface area contributed by atoms with Crippen LogP contribution in [-0.2, 0) is 15.9 Å². The summed E-state index contributed by atoms with van der Waals surface area (Å²) in [5.74, 6) is -0.206. The molecule has 1 aromatic carbocycles. The zero-order valence-electron chi connectivity index (χ0n) is 7.65. The zero-order valence-corrected chi connectivity index (χ0v) is 8.47. The minimum absolute atomic E-state index is 0.106. The number of amides is 1. The van der Waals surface area contributed by atoms with Crippen LogP contribution in [0.3, 0.4) is 0 Å². The van der Waals surface area contributed by atoms with Gasteiger partial charge in [-0.3, -0.25) is 9.00 Å². The minimum atomic E-state index is -2.32. The predicted octanol–water partition coefficient (Wildman–Crippen LogP) is 1.27. The third kappa shape index (κ3) is 2.65. The molecule has 1 rings (SSSR count). The molecule has 1 unspecified atom stereocenters. The molecule has 0 bridgehead atoms. The van der Waals surface area contributed by atoms with Crippen molar-refractivity contribution in [3.8, 4) is 0 Å². The van der Waals surface area contributed by atoms with Gasteiger partial charge in [0.2, 0.25) is 5.91 Å². The lowest BCUT2D eigenvalue weighted by Gasteiger charge is -2.11. The Morgan fingerprint density at radius 3 is 2.71 bits per heavy atom. The van der Waals surface area contributed by atoms with E-state index in [9.17, 15) is 13.6 Å². The van der Waals surface area contributed by atoms with Crippen LogP contribution in [0.2, 0.25) is 0 Å². The van der Waals surface area contributed by atoms with Gasteiger partial charge in [0.1, 0.15) is 0 Å². The molecule has 0 aliphatic rings. The van der Waals surface area contributed by atoms with Crippen molar-refractivity contribution in [1.29, 1.82) is 0 Å². The molecular formula is C9H10NO3S-. The lowest BCUT2D eigenvalue weighted by molar-refractivity contribution is -0.115. The van der Waals surface area contributed by atoms with Crippen molar-refractivity contribution in [2.75, 3.05) is 5.32 Å². The van der Waals surface area contributed by atoms with Gasteiger partial charge in [-0.15, -0.1) is 0 Å². The predicted molar refractivity (Wildman–Crippen MR) is 52.5 cm³/mol. The van der Waals surface area contributed by atoms with E-state index in [4.69, 9.17) is 0 Å². The standard InChI is InChI=1S/C9H11NO3S/c1-2-9(11)10-7-5-3-4-6-8(7)14(12)13/h3-6H,2H2,1H3,(H,10,11)(H,12,13)/p-1. The summed E-state index contributed by atoms with van der Waals surface area (Å²) in [5.41, 5.74) is 0.327. The highest BCUT2D eigenvalue weighted by molar-refractivity contribution is 7.79. The number of para-hydroxylation sites is 1. The lowest BCUT2D eigenvalue weighted by atomic mass is 10.3. The van der Waals surface area contributed by atoms with Gasteiger partial charge in [0.15, 0.2) is 0 Å². The molecule has 76 valence electrons. The van der Waals surface area contributed by atoms with Crippen molar-refractivity contribution in [3.63, 3.8) is 0 Å². The van der Waals surface area contributed by atoms with Gasteiger partial charge in [-0.25, -0.2) is 0 Å². The molecule has 0 aliphatic carbocycles. The molecule has 0 fully saturated rings. The maximum absolute atomic E-state index is 11.0. The molecule has 1 aromatic rings. The molecule has 0 radical (unpaired) electrons. The molecule has 0 saturated heterocycles. The Balaban J connectivity index is 2.95. The highest BCUT2D eigenvalue weighted by Gasteiger charge is 2.04. The second-order valence-corrected chi connectivity index (χ2v) is 3.54. The highest BCUT2D eigenvalue weighted by Crippen LogP contribution is 2.17. The fourth-order valence-corrected chi connectivity index (χ4v) is 1.44. The van der Waals surface area contributed by atoms with Crippen LogP contribution in [0.5, 0.6) is 0 Å². The van der Waals surface area contributed by atoms with Crippen LogP contribution in [0.1, 0.15) is 13.3 Å². The molecular weight excluding hydrogens is 202 g/mol. The number of nitrogens with one attached hydrogen (secondary N) is 1. The van der Waals surface area contributed by atoms with E-state index in [0.29, 0.717) is 12.1 Å². The van der Waals surface area contributed by atoms with Crippen LogP contribution in [0.25, 0.3) is 0 Å². The van der Waals surface area contributed by atoms with E-state index in [1.165, 1.54) is 6.07 Å². The Bertz CT molecular complexity index is 365. The van der Waals surface area contributed by atoms with Gasteiger partial charge in [0.05, 0.1) is 5.69 Å². The van der Waals surface area contributed by atoms with Crippen LogP contribution in [0, 0.1) is 0 Å². The number of rotatable bonds is 3. The minimum Gasteiger partial charge on any atom is -0.768 e. The smallest absolute Gasteiger partial charge is 0.224 e. The SMILES string of the molecule is CCC(=O)Nc1ccccc1S(=O)[O-]. The summed E-state index contributed by atoms with van der Waals surface area (Å²) < 4.78 is 21.5. The van der Waals surface area contributed by atoms with E-state index in [0.717, 1.165) is 0 Å². The van der Waals surface area contributed by atoms with Crippen LogP contribution >= 0.6 is 0 Å². The largest absolute Gasteiger partial charge is 0.768 e. The van der Waals surface area contributed by atoms with Crippen molar-refractivity contribution in [3.05, 3.63) is 24.3 Å². The quantitative estimate of drug-likeness (QED) is 0.767. The number of hydrogen-bond donors (Lipinski definition) is 1. The van der Waals surface area contributed by atoms with Crippen LogP contribution in [0.15, 0.2) is 29.2 Å². The summed E-state index contributed by atoms with van der Waals surface area (Å²) in [6.07, 6.45) is 0.319. The first kappa shape index (κ1) is 10.9. The maximum atomic E-state index is 11.0. The molecule has 5 heteroatoms. The summed E-state index contributed by atoms with van der Waals surface area (Å²) in [4.78, 5) is 11.1. The number of benzene rings is 1. The normalized spacial score (nSPS) is 12.1. The van der Waals surface area contributed by atoms with Crippen molar-refractivity contribution >= 4 is 22.7 Å². The summed E-state index contributed by atoms with van der Waals surface area (Å²) in [5, 5.41) is 2.51. The highest BCUT2D eigenvalue weighted by atomic mass is 32.2. The number of hydrogen-bond acceptors (Lipinski definition) is 3. The Morgan fingerprint density at radius 1 is 1.50 bits per heavy atom. The van der Waals surface area contributed by atoms with E-state index < -0.39 is 11.1 Å². The van der Waals surface area contributed by atoms with Crippen LogP contribution in [-0.4, -0.2) is 14.7 Å². The van der Waals surface area contributed by atoms with E-state index >= 15 is 0 Å². The van der Waals surface area contributed by atoms with E-state index in [1.54, 1.807) is 25.1 Å². The molecule has 0 aliphatic heterocycles. The Hall–Kier alpha value is -1.20. The molecule has 1 amide bonds. The molecule has 0 heterocycles. The van der Waals surface area contributed by atoms with Crippen LogP contribution < -0.4 is 5.32 Å². The molecule has 4 nitrogen and oxygen atoms in total. The number of carbonyl (C=O) groups excluding carboxylic acids is 1. The molecule has 1 N–H and O–H groups in total. The summed E-state index contributed by atoms with van der Waals surface area (Å²) in [7, 11) is 0. The molecule has 1 atom stereocenters. The van der Waals surface area contributed by atoms with Gasteiger partial charge in [-0.1, -0.05) is 19.1 Å². The first-order valence-electron chi connectivity index (χ1n) is 4.13. The van der Waals surface area contributed by atoms with Gasteiger partial charge in [-0.2, -0.15) is 0 Å². The third-order valence-electron chi connectivity index (χ3n) is 1.66. The van der Waals surface area contributed by atoms with Crippen molar-refractivity contribution in [2.24, 2.45) is 0 Å². The second kappa shape index (κ2) is 4.88. The van der Waals surface area contributed by atoms with E-state index in [2.05, 4.69) is 5.32 Å². The zero-order chi connectivity index (χ0) is 10.6. The fourth-order valence-electron chi connectivity index (χ4n) is 0.954. The maximum Gasteiger partial charge on any atom is 0.224 e. The molecule has 0 saturated carbocycles. The van der Waals surface area contributed by atoms with Gasteiger partial charge < -0.3 is 9.87 Å².